The van der Waals surface area contributed by atoms with Gasteiger partial charge in [0.1, 0.15) is 0 Å². The summed E-state index contributed by atoms with van der Waals surface area (Å²) < 4.78 is 3.02. The van der Waals surface area contributed by atoms with E-state index in [1.807, 2.05) is 52.9 Å². The van der Waals surface area contributed by atoms with Gasteiger partial charge in [-0.15, -0.1) is 0 Å². The zero-order chi connectivity index (χ0) is 14.4. The van der Waals surface area contributed by atoms with E-state index < -0.39 is 0 Å². The van der Waals surface area contributed by atoms with Gasteiger partial charge >= 0.3 is 0 Å². The lowest BCUT2D eigenvalue weighted by atomic mass is 10.1. The number of thiazole rings is 1. The third-order valence-electron chi connectivity index (χ3n) is 3.33. The fourth-order valence-electron chi connectivity index (χ4n) is 2.44. The second-order valence-corrected chi connectivity index (χ2v) is 6.12. The number of halogens is 1. The third kappa shape index (κ3) is 2.04. The molecular weight excluding hydrogens is 304 g/mol. The molecule has 2 aromatic heterocycles. The summed E-state index contributed by atoms with van der Waals surface area (Å²) in [5.74, 6) is 0. The highest BCUT2D eigenvalue weighted by Crippen LogP contribution is 2.31. The van der Waals surface area contributed by atoms with Crippen LogP contribution in [-0.4, -0.2) is 9.38 Å². The lowest BCUT2D eigenvalue weighted by molar-refractivity contribution is 1.15. The Hall–Kier alpha value is -2.17. The van der Waals surface area contributed by atoms with Crippen molar-refractivity contribution < 1.29 is 0 Å². The number of benzene rings is 2. The topological polar surface area (TPSA) is 34.4 Å². The van der Waals surface area contributed by atoms with Crippen molar-refractivity contribution in [2.45, 2.75) is 0 Å². The average Bonchev–Trinajstić information content (AvgIpc) is 2.84. The van der Waals surface area contributed by atoms with E-state index in [0.29, 0.717) is 9.98 Å². The number of hydrogen-bond acceptors (Lipinski definition) is 3. The molecule has 0 aliphatic rings. The molecule has 0 unspecified atom stereocenters. The quantitative estimate of drug-likeness (QED) is 0.527. The van der Waals surface area contributed by atoms with Gasteiger partial charge in [-0.25, -0.2) is 0 Å². The van der Waals surface area contributed by atoms with Gasteiger partial charge in [0, 0.05) is 11.1 Å². The van der Waals surface area contributed by atoms with Gasteiger partial charge < -0.3 is 0 Å². The zero-order valence-electron chi connectivity index (χ0n) is 10.8. The molecule has 2 heterocycles. The maximum absolute atomic E-state index is 11.9. The SMILES string of the molecule is O=c1cc(-c2ccccc2)n2c(n1)sc1cc(Cl)ccc12. The molecule has 21 heavy (non-hydrogen) atoms. The Morgan fingerprint density at radius 1 is 1.05 bits per heavy atom. The minimum Gasteiger partial charge on any atom is -0.284 e. The monoisotopic (exact) mass is 312 g/mol. The van der Waals surface area contributed by atoms with Crippen LogP contribution < -0.4 is 5.56 Å². The Balaban J connectivity index is 2.19. The molecule has 0 fully saturated rings. The first-order chi connectivity index (χ1) is 10.2. The molecule has 0 radical (unpaired) electrons. The van der Waals surface area contributed by atoms with Gasteiger partial charge in [-0.1, -0.05) is 53.3 Å². The number of hydrogen-bond donors (Lipinski definition) is 0. The minimum absolute atomic E-state index is 0.230. The van der Waals surface area contributed by atoms with Crippen molar-refractivity contribution in [1.82, 2.24) is 9.38 Å². The molecule has 0 bridgehead atoms. The van der Waals surface area contributed by atoms with Crippen molar-refractivity contribution in [3.05, 3.63) is 70.0 Å². The average molecular weight is 313 g/mol. The Labute approximate surface area is 129 Å². The molecule has 0 saturated carbocycles. The summed E-state index contributed by atoms with van der Waals surface area (Å²) in [5.41, 5.74) is 2.61. The second-order valence-electron chi connectivity index (χ2n) is 4.68. The Morgan fingerprint density at radius 3 is 2.67 bits per heavy atom. The van der Waals surface area contributed by atoms with Gasteiger partial charge in [-0.3, -0.25) is 9.20 Å². The molecule has 0 atom stereocenters. The van der Waals surface area contributed by atoms with Crippen LogP contribution in [0.4, 0.5) is 0 Å². The fourth-order valence-corrected chi connectivity index (χ4v) is 3.74. The summed E-state index contributed by atoms with van der Waals surface area (Å²) in [6.07, 6.45) is 0. The first-order valence-electron chi connectivity index (χ1n) is 6.40. The molecule has 0 amide bonds. The highest BCUT2D eigenvalue weighted by molar-refractivity contribution is 7.23. The summed E-state index contributed by atoms with van der Waals surface area (Å²) in [6.45, 7) is 0. The zero-order valence-corrected chi connectivity index (χ0v) is 12.4. The van der Waals surface area contributed by atoms with Crippen LogP contribution in [0.5, 0.6) is 0 Å². The minimum atomic E-state index is -0.230. The highest BCUT2D eigenvalue weighted by atomic mass is 35.5. The molecule has 0 spiro atoms. The van der Waals surface area contributed by atoms with Crippen molar-refractivity contribution in [3.63, 3.8) is 0 Å². The number of fused-ring (bicyclic) bond motifs is 3. The number of nitrogens with zero attached hydrogens (tertiary/aromatic N) is 2. The Kier molecular flexibility index (Phi) is 2.80. The number of rotatable bonds is 1. The smallest absolute Gasteiger partial charge is 0.274 e. The summed E-state index contributed by atoms with van der Waals surface area (Å²) >= 11 is 7.52. The summed E-state index contributed by atoms with van der Waals surface area (Å²) in [5, 5.41) is 0.679. The van der Waals surface area contributed by atoms with Crippen molar-refractivity contribution >= 4 is 38.1 Å². The van der Waals surface area contributed by atoms with Gasteiger partial charge in [0.05, 0.1) is 15.9 Å². The van der Waals surface area contributed by atoms with E-state index in [4.69, 9.17) is 11.6 Å². The normalized spacial score (nSPS) is 11.3. The fraction of sp³-hybridized carbons (Fsp3) is 0. The van der Waals surface area contributed by atoms with E-state index in [1.165, 1.54) is 11.3 Å². The highest BCUT2D eigenvalue weighted by Gasteiger charge is 2.12. The molecular formula is C16H9ClN2OS. The molecule has 4 aromatic rings. The first-order valence-corrected chi connectivity index (χ1v) is 7.59. The second kappa shape index (κ2) is 4.69. The molecule has 3 nitrogen and oxygen atoms in total. The van der Waals surface area contributed by atoms with Gasteiger partial charge in [0.15, 0.2) is 4.96 Å². The largest absolute Gasteiger partial charge is 0.284 e. The van der Waals surface area contributed by atoms with Gasteiger partial charge in [-0.05, 0) is 23.8 Å². The van der Waals surface area contributed by atoms with Crippen LogP contribution in [0.25, 0.3) is 26.4 Å². The van der Waals surface area contributed by atoms with E-state index in [9.17, 15) is 4.79 Å². The standard InChI is InChI=1S/C16H9ClN2OS/c17-11-6-7-12-14(8-11)21-16-18-15(20)9-13(19(12)16)10-4-2-1-3-5-10/h1-9H. The van der Waals surface area contributed by atoms with Crippen LogP contribution in [0.15, 0.2) is 59.4 Å². The molecule has 0 aliphatic heterocycles. The van der Waals surface area contributed by atoms with E-state index >= 15 is 0 Å². The maximum atomic E-state index is 11.9. The van der Waals surface area contributed by atoms with Crippen LogP contribution in [0.2, 0.25) is 5.02 Å². The predicted molar refractivity (Wildman–Crippen MR) is 87.3 cm³/mol. The summed E-state index contributed by atoms with van der Waals surface area (Å²) in [7, 11) is 0. The van der Waals surface area contributed by atoms with Crippen LogP contribution >= 0.6 is 22.9 Å². The molecule has 0 N–H and O–H groups in total. The Bertz CT molecular complexity index is 1020. The molecule has 0 saturated heterocycles. The number of aromatic nitrogens is 2. The molecule has 102 valence electrons. The predicted octanol–water partition coefficient (Wildman–Crippen LogP) is 4.23. The van der Waals surface area contributed by atoms with Crippen molar-refractivity contribution in [3.8, 4) is 11.3 Å². The van der Waals surface area contributed by atoms with Gasteiger partial charge in [0.25, 0.3) is 5.56 Å². The first kappa shape index (κ1) is 12.6. The van der Waals surface area contributed by atoms with Gasteiger partial charge in [0.2, 0.25) is 0 Å². The van der Waals surface area contributed by atoms with Crippen molar-refractivity contribution in [1.29, 1.82) is 0 Å². The summed E-state index contributed by atoms with van der Waals surface area (Å²) in [4.78, 5) is 16.7. The van der Waals surface area contributed by atoms with E-state index in [-0.39, 0.29) is 5.56 Å². The van der Waals surface area contributed by atoms with Crippen LogP contribution in [0.1, 0.15) is 0 Å². The van der Waals surface area contributed by atoms with Gasteiger partial charge in [-0.2, -0.15) is 4.98 Å². The molecule has 4 rings (SSSR count). The lowest BCUT2D eigenvalue weighted by Gasteiger charge is -2.05. The van der Waals surface area contributed by atoms with Crippen molar-refractivity contribution in [2.75, 3.05) is 0 Å². The molecule has 2 aromatic carbocycles. The molecule has 0 aliphatic carbocycles. The lowest BCUT2D eigenvalue weighted by Crippen LogP contribution is -2.08. The van der Waals surface area contributed by atoms with Crippen LogP contribution in [0, 0.1) is 0 Å². The van der Waals surface area contributed by atoms with E-state index in [1.54, 1.807) is 6.07 Å². The van der Waals surface area contributed by atoms with Crippen molar-refractivity contribution in [2.24, 2.45) is 0 Å². The van der Waals surface area contributed by atoms with E-state index in [0.717, 1.165) is 21.5 Å². The Morgan fingerprint density at radius 2 is 1.86 bits per heavy atom. The third-order valence-corrected chi connectivity index (χ3v) is 4.57. The summed E-state index contributed by atoms with van der Waals surface area (Å²) in [6, 6.07) is 17.1. The van der Waals surface area contributed by atoms with Crippen LogP contribution in [0.3, 0.4) is 0 Å². The van der Waals surface area contributed by atoms with Crippen LogP contribution in [-0.2, 0) is 0 Å². The van der Waals surface area contributed by atoms with E-state index in [2.05, 4.69) is 4.98 Å². The molecule has 5 heteroatoms. The maximum Gasteiger partial charge on any atom is 0.274 e.